The molecule has 0 fully saturated rings. The van der Waals surface area contributed by atoms with E-state index in [4.69, 9.17) is 0 Å². The number of carbonyl (C=O) groups is 2. The van der Waals surface area contributed by atoms with Gasteiger partial charge < -0.3 is 5.32 Å². The van der Waals surface area contributed by atoms with Crippen LogP contribution < -0.4 is 5.32 Å². The first-order chi connectivity index (χ1) is 11.0. The lowest BCUT2D eigenvalue weighted by molar-refractivity contribution is -0.116. The molecular weight excluding hydrogens is 286 g/mol. The Hall–Kier alpha value is -2.42. The molecule has 0 unspecified atom stereocenters. The van der Waals surface area contributed by atoms with Gasteiger partial charge in [-0.05, 0) is 30.0 Å². The Morgan fingerprint density at radius 1 is 0.913 bits per heavy atom. The Morgan fingerprint density at radius 3 is 2.17 bits per heavy atom. The van der Waals surface area contributed by atoms with Crippen molar-refractivity contribution in [1.82, 2.24) is 0 Å². The van der Waals surface area contributed by atoms with Gasteiger partial charge in [0.15, 0.2) is 5.78 Å². The highest BCUT2D eigenvalue weighted by Crippen LogP contribution is 2.12. The van der Waals surface area contributed by atoms with Gasteiger partial charge in [-0.25, -0.2) is 0 Å². The first-order valence-electron chi connectivity index (χ1n) is 8.01. The maximum Gasteiger partial charge on any atom is 0.224 e. The minimum atomic E-state index is -0.138. The molecule has 120 valence electrons. The van der Waals surface area contributed by atoms with Crippen LogP contribution in [0.15, 0.2) is 54.6 Å². The predicted molar refractivity (Wildman–Crippen MR) is 93.6 cm³/mol. The number of benzene rings is 2. The third-order valence-corrected chi connectivity index (χ3v) is 3.56. The molecule has 0 atom stereocenters. The molecule has 0 aliphatic heterocycles. The first-order valence-corrected chi connectivity index (χ1v) is 8.01. The number of carbonyl (C=O) groups excluding carboxylic acids is 2. The van der Waals surface area contributed by atoms with Crippen LogP contribution in [-0.2, 0) is 11.2 Å². The summed E-state index contributed by atoms with van der Waals surface area (Å²) in [6.45, 7) is 4.34. The van der Waals surface area contributed by atoms with Gasteiger partial charge in [0, 0.05) is 24.1 Å². The van der Waals surface area contributed by atoms with Crippen LogP contribution in [0.25, 0.3) is 0 Å². The van der Waals surface area contributed by atoms with Gasteiger partial charge in [-0.1, -0.05) is 56.3 Å². The van der Waals surface area contributed by atoms with Crippen LogP contribution in [0.5, 0.6) is 0 Å². The molecule has 1 N–H and O–H groups in total. The number of hydrogen-bond donors (Lipinski definition) is 1. The van der Waals surface area contributed by atoms with Crippen LogP contribution >= 0.6 is 0 Å². The molecule has 2 rings (SSSR count). The first kappa shape index (κ1) is 16.9. The van der Waals surface area contributed by atoms with E-state index in [2.05, 4.69) is 19.2 Å². The van der Waals surface area contributed by atoms with Crippen molar-refractivity contribution in [1.29, 1.82) is 0 Å². The molecule has 1 amide bonds. The molecule has 3 nitrogen and oxygen atoms in total. The van der Waals surface area contributed by atoms with Crippen molar-refractivity contribution in [2.75, 3.05) is 5.32 Å². The number of nitrogens with one attached hydrogen (secondary N) is 1. The summed E-state index contributed by atoms with van der Waals surface area (Å²) < 4.78 is 0. The standard InChI is InChI=1S/C20H23NO2/c1-15(2)14-16-8-10-17(11-9-16)19(22)12-13-20(23)21-18-6-4-3-5-7-18/h3-11,15H,12-14H2,1-2H3,(H,21,23). The van der Waals surface area contributed by atoms with Crippen LogP contribution in [0.1, 0.15) is 42.6 Å². The van der Waals surface area contributed by atoms with E-state index in [1.165, 1.54) is 5.56 Å². The smallest absolute Gasteiger partial charge is 0.224 e. The lowest BCUT2D eigenvalue weighted by Gasteiger charge is -2.07. The van der Waals surface area contributed by atoms with Crippen LogP contribution in [-0.4, -0.2) is 11.7 Å². The fraction of sp³-hybridized carbons (Fsp3) is 0.300. The minimum Gasteiger partial charge on any atom is -0.326 e. The largest absolute Gasteiger partial charge is 0.326 e. The average Bonchev–Trinajstić information content (AvgIpc) is 2.54. The van der Waals surface area contributed by atoms with Gasteiger partial charge in [0.05, 0.1) is 0 Å². The third-order valence-electron chi connectivity index (χ3n) is 3.56. The third kappa shape index (κ3) is 5.70. The molecule has 2 aromatic carbocycles. The second kappa shape index (κ2) is 8.28. The quantitative estimate of drug-likeness (QED) is 0.766. The molecule has 0 saturated carbocycles. The highest BCUT2D eigenvalue weighted by atomic mass is 16.2. The minimum absolute atomic E-state index is 0.00399. The predicted octanol–water partition coefficient (Wildman–Crippen LogP) is 4.49. The van der Waals surface area contributed by atoms with Gasteiger partial charge in [0.25, 0.3) is 0 Å². The number of amides is 1. The summed E-state index contributed by atoms with van der Waals surface area (Å²) in [6.07, 6.45) is 1.43. The van der Waals surface area contributed by atoms with Crippen molar-refractivity contribution in [2.24, 2.45) is 5.92 Å². The molecular formula is C20H23NO2. The van der Waals surface area contributed by atoms with Crippen molar-refractivity contribution in [2.45, 2.75) is 33.1 Å². The van der Waals surface area contributed by atoms with Crippen LogP contribution in [0, 0.1) is 5.92 Å². The fourth-order valence-electron chi connectivity index (χ4n) is 2.41. The van der Waals surface area contributed by atoms with E-state index in [0.717, 1.165) is 12.1 Å². The van der Waals surface area contributed by atoms with E-state index in [0.29, 0.717) is 11.5 Å². The van der Waals surface area contributed by atoms with E-state index < -0.39 is 0 Å². The van der Waals surface area contributed by atoms with Gasteiger partial charge in [-0.3, -0.25) is 9.59 Å². The lowest BCUT2D eigenvalue weighted by Crippen LogP contribution is -2.13. The van der Waals surface area contributed by atoms with Gasteiger partial charge in [0.2, 0.25) is 5.91 Å². The number of rotatable bonds is 7. The van der Waals surface area contributed by atoms with E-state index in [1.54, 1.807) is 0 Å². The Morgan fingerprint density at radius 2 is 1.57 bits per heavy atom. The van der Waals surface area contributed by atoms with E-state index >= 15 is 0 Å². The fourth-order valence-corrected chi connectivity index (χ4v) is 2.41. The molecule has 2 aromatic rings. The summed E-state index contributed by atoms with van der Waals surface area (Å²) in [4.78, 5) is 24.0. The van der Waals surface area contributed by atoms with Gasteiger partial charge in [0.1, 0.15) is 0 Å². The molecule has 0 aliphatic rings. The summed E-state index contributed by atoms with van der Waals surface area (Å²) in [6, 6.07) is 17.0. The summed E-state index contributed by atoms with van der Waals surface area (Å²) in [5.74, 6) is 0.462. The molecule has 0 heterocycles. The second-order valence-corrected chi connectivity index (χ2v) is 6.13. The Balaban J connectivity index is 1.83. The highest BCUT2D eigenvalue weighted by Gasteiger charge is 2.10. The average molecular weight is 309 g/mol. The zero-order valence-corrected chi connectivity index (χ0v) is 13.7. The second-order valence-electron chi connectivity index (χ2n) is 6.13. The Kier molecular flexibility index (Phi) is 6.10. The maximum atomic E-state index is 12.2. The van der Waals surface area contributed by atoms with Gasteiger partial charge in [-0.2, -0.15) is 0 Å². The van der Waals surface area contributed by atoms with Crippen molar-refractivity contribution < 1.29 is 9.59 Å². The van der Waals surface area contributed by atoms with Crippen LogP contribution in [0.3, 0.4) is 0 Å². The van der Waals surface area contributed by atoms with Crippen LogP contribution in [0.4, 0.5) is 5.69 Å². The van der Waals surface area contributed by atoms with Crippen molar-refractivity contribution >= 4 is 17.4 Å². The Bertz CT molecular complexity index is 645. The zero-order chi connectivity index (χ0) is 16.7. The molecule has 0 spiro atoms. The number of anilines is 1. The molecule has 0 radical (unpaired) electrons. The molecule has 0 saturated heterocycles. The van der Waals surface area contributed by atoms with E-state index in [1.807, 2.05) is 54.6 Å². The monoisotopic (exact) mass is 309 g/mol. The lowest BCUT2D eigenvalue weighted by atomic mass is 9.99. The summed E-state index contributed by atoms with van der Waals surface area (Å²) >= 11 is 0. The molecule has 3 heteroatoms. The number of ketones is 1. The van der Waals surface area contributed by atoms with Gasteiger partial charge >= 0.3 is 0 Å². The molecule has 23 heavy (non-hydrogen) atoms. The van der Waals surface area contributed by atoms with Crippen LogP contribution in [0.2, 0.25) is 0 Å². The molecule has 0 bridgehead atoms. The molecule has 0 aromatic heterocycles. The topological polar surface area (TPSA) is 46.2 Å². The zero-order valence-electron chi connectivity index (χ0n) is 13.7. The number of hydrogen-bond acceptors (Lipinski definition) is 2. The normalized spacial score (nSPS) is 10.6. The van der Waals surface area contributed by atoms with E-state index in [-0.39, 0.29) is 24.5 Å². The summed E-state index contributed by atoms with van der Waals surface area (Å²) in [7, 11) is 0. The number of para-hydroxylation sites is 1. The Labute approximate surface area is 137 Å². The number of Topliss-reactive ketones (excluding diaryl/α,β-unsaturated/α-hetero) is 1. The SMILES string of the molecule is CC(C)Cc1ccc(C(=O)CCC(=O)Nc2ccccc2)cc1. The van der Waals surface area contributed by atoms with Crippen molar-refractivity contribution in [3.63, 3.8) is 0 Å². The van der Waals surface area contributed by atoms with E-state index in [9.17, 15) is 9.59 Å². The summed E-state index contributed by atoms with van der Waals surface area (Å²) in [5, 5.41) is 2.79. The molecule has 0 aliphatic carbocycles. The summed E-state index contributed by atoms with van der Waals surface area (Å²) in [5.41, 5.74) is 2.66. The highest BCUT2D eigenvalue weighted by molar-refractivity contribution is 6.00. The van der Waals surface area contributed by atoms with Crippen molar-refractivity contribution in [3.05, 3.63) is 65.7 Å². The van der Waals surface area contributed by atoms with Crippen molar-refractivity contribution in [3.8, 4) is 0 Å². The maximum absolute atomic E-state index is 12.2. The van der Waals surface area contributed by atoms with Gasteiger partial charge in [-0.15, -0.1) is 0 Å².